The van der Waals surface area contributed by atoms with E-state index in [-0.39, 0.29) is 5.41 Å². The van der Waals surface area contributed by atoms with Crippen LogP contribution in [0.5, 0.6) is 0 Å². The van der Waals surface area contributed by atoms with E-state index in [9.17, 15) is 0 Å². The molecule has 88 valence electrons. The first-order valence-corrected chi connectivity index (χ1v) is 6.22. The van der Waals surface area contributed by atoms with Crippen LogP contribution < -0.4 is 0 Å². The Kier molecular flexibility index (Phi) is 3.33. The van der Waals surface area contributed by atoms with Crippen LogP contribution in [-0.2, 0) is 0 Å². The highest BCUT2D eigenvalue weighted by Crippen LogP contribution is 2.46. The molecule has 0 radical (unpaired) electrons. The molecule has 1 aromatic rings. The summed E-state index contributed by atoms with van der Waals surface area (Å²) in [6, 6.07) is 10.7. The smallest absolute Gasteiger partial charge is 0.0189 e. The van der Waals surface area contributed by atoms with Crippen LogP contribution in [0.2, 0.25) is 0 Å². The molecule has 0 heterocycles. The maximum Gasteiger partial charge on any atom is 0.0189 e. The van der Waals surface area contributed by atoms with Gasteiger partial charge in [-0.1, -0.05) is 73.7 Å². The molecule has 0 saturated carbocycles. The van der Waals surface area contributed by atoms with Gasteiger partial charge in [0.05, 0.1) is 0 Å². The summed E-state index contributed by atoms with van der Waals surface area (Å²) in [6.07, 6.45) is 9.88. The Labute approximate surface area is 104 Å². The van der Waals surface area contributed by atoms with Crippen molar-refractivity contribution in [2.45, 2.75) is 26.2 Å². The van der Waals surface area contributed by atoms with Crippen LogP contribution in [0, 0.1) is 5.41 Å². The molecular formula is C17H20. The van der Waals surface area contributed by atoms with Gasteiger partial charge in [-0.05, 0) is 24.8 Å². The third-order valence-electron chi connectivity index (χ3n) is 3.96. The maximum atomic E-state index is 4.21. The van der Waals surface area contributed by atoms with Gasteiger partial charge in [-0.15, -0.1) is 0 Å². The van der Waals surface area contributed by atoms with Gasteiger partial charge >= 0.3 is 0 Å². The minimum Gasteiger partial charge on any atom is -0.0992 e. The molecule has 0 saturated heterocycles. The van der Waals surface area contributed by atoms with Crippen molar-refractivity contribution in [2.75, 3.05) is 0 Å². The Balaban J connectivity index is 2.39. The summed E-state index contributed by atoms with van der Waals surface area (Å²) in [5.41, 5.74) is 2.71. The molecule has 0 N–H and O–H groups in total. The molecule has 0 heteroatoms. The molecule has 0 aromatic heterocycles. The molecule has 2 unspecified atom stereocenters. The second-order valence-electron chi connectivity index (χ2n) is 4.94. The average Bonchev–Trinajstić information content (AvgIpc) is 2.39. The van der Waals surface area contributed by atoms with Gasteiger partial charge in [-0.3, -0.25) is 0 Å². The molecule has 0 fully saturated rings. The van der Waals surface area contributed by atoms with Gasteiger partial charge in [0, 0.05) is 5.41 Å². The first-order valence-electron chi connectivity index (χ1n) is 6.22. The lowest BCUT2D eigenvalue weighted by atomic mass is 9.65. The highest BCUT2D eigenvalue weighted by atomic mass is 14.4. The van der Waals surface area contributed by atoms with Crippen molar-refractivity contribution >= 4 is 0 Å². The summed E-state index contributed by atoms with van der Waals surface area (Å²) in [4.78, 5) is 0. The summed E-state index contributed by atoms with van der Waals surface area (Å²) < 4.78 is 0. The van der Waals surface area contributed by atoms with E-state index in [0.717, 1.165) is 6.42 Å². The molecule has 2 atom stereocenters. The van der Waals surface area contributed by atoms with Gasteiger partial charge in [0.2, 0.25) is 0 Å². The quantitative estimate of drug-likeness (QED) is 0.643. The molecule has 2 rings (SSSR count). The zero-order valence-electron chi connectivity index (χ0n) is 10.7. The summed E-state index contributed by atoms with van der Waals surface area (Å²) in [5, 5.41) is 0. The van der Waals surface area contributed by atoms with E-state index in [1.807, 2.05) is 0 Å². The van der Waals surface area contributed by atoms with Gasteiger partial charge < -0.3 is 0 Å². The van der Waals surface area contributed by atoms with Crippen molar-refractivity contribution in [3.63, 3.8) is 0 Å². The lowest BCUT2D eigenvalue weighted by Gasteiger charge is -2.38. The molecule has 1 aliphatic rings. The minimum atomic E-state index is 0.0795. The van der Waals surface area contributed by atoms with E-state index in [1.165, 1.54) is 11.1 Å². The molecule has 0 nitrogen and oxygen atoms in total. The van der Waals surface area contributed by atoms with Crippen LogP contribution >= 0.6 is 0 Å². The van der Waals surface area contributed by atoms with E-state index in [2.05, 4.69) is 75.1 Å². The molecule has 1 aromatic carbocycles. The van der Waals surface area contributed by atoms with Crippen LogP contribution in [0.15, 0.2) is 66.8 Å². The van der Waals surface area contributed by atoms with Crippen LogP contribution in [0.3, 0.4) is 0 Å². The predicted octanol–water partition coefficient (Wildman–Crippen LogP) is 4.87. The minimum absolute atomic E-state index is 0.0795. The highest BCUT2D eigenvalue weighted by Gasteiger charge is 2.35. The Morgan fingerprint density at radius 2 is 1.94 bits per heavy atom. The monoisotopic (exact) mass is 224 g/mol. The number of hydrogen-bond acceptors (Lipinski definition) is 0. The van der Waals surface area contributed by atoms with Gasteiger partial charge in [0.25, 0.3) is 0 Å². The van der Waals surface area contributed by atoms with E-state index in [1.54, 1.807) is 0 Å². The Hall–Kier alpha value is -1.56. The topological polar surface area (TPSA) is 0 Å². The summed E-state index contributed by atoms with van der Waals surface area (Å²) in [7, 11) is 0. The molecule has 17 heavy (non-hydrogen) atoms. The van der Waals surface area contributed by atoms with E-state index in [0.29, 0.717) is 5.92 Å². The second kappa shape index (κ2) is 4.75. The highest BCUT2D eigenvalue weighted by molar-refractivity contribution is 5.34. The van der Waals surface area contributed by atoms with E-state index < -0.39 is 0 Å². The Bertz CT molecular complexity index is 450. The van der Waals surface area contributed by atoms with Crippen LogP contribution in [0.25, 0.3) is 0 Å². The van der Waals surface area contributed by atoms with E-state index in [4.69, 9.17) is 0 Å². The fourth-order valence-electron chi connectivity index (χ4n) is 2.68. The second-order valence-corrected chi connectivity index (χ2v) is 4.94. The third kappa shape index (κ3) is 2.12. The number of rotatable bonds is 3. The van der Waals surface area contributed by atoms with Crippen LogP contribution in [-0.4, -0.2) is 0 Å². The summed E-state index contributed by atoms with van der Waals surface area (Å²) in [6.45, 7) is 8.65. The van der Waals surface area contributed by atoms with Crippen molar-refractivity contribution in [1.29, 1.82) is 0 Å². The van der Waals surface area contributed by atoms with Crippen LogP contribution in [0.1, 0.15) is 31.7 Å². The Morgan fingerprint density at radius 3 is 2.47 bits per heavy atom. The van der Waals surface area contributed by atoms with Crippen molar-refractivity contribution in [1.82, 2.24) is 0 Å². The molecular weight excluding hydrogens is 204 g/mol. The predicted molar refractivity (Wildman–Crippen MR) is 75.0 cm³/mol. The Morgan fingerprint density at radius 1 is 1.24 bits per heavy atom. The fraction of sp³-hybridized carbons (Fsp3) is 0.294. The zero-order chi connectivity index (χ0) is 12.3. The van der Waals surface area contributed by atoms with Gasteiger partial charge in [-0.25, -0.2) is 0 Å². The van der Waals surface area contributed by atoms with Gasteiger partial charge in [0.15, 0.2) is 0 Å². The molecule has 0 aliphatic heterocycles. The number of hydrogen-bond donors (Lipinski definition) is 0. The summed E-state index contributed by atoms with van der Waals surface area (Å²) >= 11 is 0. The van der Waals surface area contributed by atoms with Crippen molar-refractivity contribution in [3.8, 4) is 0 Å². The molecule has 0 bridgehead atoms. The SMILES string of the molecule is C=C(C)C1(C(C)c2ccccc2)C=CC=CC1. The van der Waals surface area contributed by atoms with Crippen LogP contribution in [0.4, 0.5) is 0 Å². The molecule has 0 amide bonds. The van der Waals surface area contributed by atoms with Gasteiger partial charge in [0.1, 0.15) is 0 Å². The van der Waals surface area contributed by atoms with E-state index >= 15 is 0 Å². The van der Waals surface area contributed by atoms with Crippen molar-refractivity contribution in [2.24, 2.45) is 5.41 Å². The maximum absolute atomic E-state index is 4.21. The average molecular weight is 224 g/mol. The first kappa shape index (κ1) is 11.9. The lowest BCUT2D eigenvalue weighted by molar-refractivity contribution is 0.384. The fourth-order valence-corrected chi connectivity index (χ4v) is 2.68. The van der Waals surface area contributed by atoms with Gasteiger partial charge in [-0.2, -0.15) is 0 Å². The lowest BCUT2D eigenvalue weighted by Crippen LogP contribution is -2.26. The first-order chi connectivity index (χ1) is 8.17. The molecule has 1 aliphatic carbocycles. The number of benzene rings is 1. The normalized spacial score (nSPS) is 24.6. The number of allylic oxidation sites excluding steroid dienone is 5. The molecule has 0 spiro atoms. The zero-order valence-corrected chi connectivity index (χ0v) is 10.7. The van der Waals surface area contributed by atoms with Crippen molar-refractivity contribution in [3.05, 3.63) is 72.4 Å². The largest absolute Gasteiger partial charge is 0.0992 e. The standard InChI is InChI=1S/C17H20/c1-14(2)17(12-8-5-9-13-17)15(3)16-10-6-4-7-11-16/h4-12,15H,1,13H2,2-3H3. The summed E-state index contributed by atoms with van der Waals surface area (Å²) in [5.74, 6) is 0.461. The van der Waals surface area contributed by atoms with Crippen molar-refractivity contribution < 1.29 is 0 Å². The third-order valence-corrected chi connectivity index (χ3v) is 3.96.